The van der Waals surface area contributed by atoms with Gasteiger partial charge in [0.2, 0.25) is 0 Å². The number of rotatable bonds is 3. The fourth-order valence-corrected chi connectivity index (χ4v) is 1.33. The molecule has 0 bridgehead atoms. The highest BCUT2D eigenvalue weighted by Crippen LogP contribution is 2.15. The fraction of sp³-hybridized carbons (Fsp3) is 0.182. The van der Waals surface area contributed by atoms with Crippen LogP contribution in [0.1, 0.15) is 18.5 Å². The van der Waals surface area contributed by atoms with E-state index < -0.39 is 0 Å². The Morgan fingerprint density at radius 1 is 1.07 bits per heavy atom. The maximum Gasteiger partial charge on any atom is 0.129 e. The SMILES string of the molecule is CC(Nc1ccncn1)c1ccncc1. The Bertz CT molecular complexity index is 401. The zero-order valence-corrected chi connectivity index (χ0v) is 8.46. The second kappa shape index (κ2) is 4.50. The van der Waals surface area contributed by atoms with Crippen LogP contribution in [-0.2, 0) is 0 Å². The minimum atomic E-state index is 0.211. The molecule has 0 aliphatic carbocycles. The number of nitrogens with zero attached hydrogens (tertiary/aromatic N) is 3. The molecule has 0 aliphatic heterocycles. The molecule has 0 aromatic carbocycles. The lowest BCUT2D eigenvalue weighted by atomic mass is 10.1. The van der Waals surface area contributed by atoms with Crippen molar-refractivity contribution in [3.63, 3.8) is 0 Å². The van der Waals surface area contributed by atoms with Gasteiger partial charge in [0, 0.05) is 18.6 Å². The van der Waals surface area contributed by atoms with Gasteiger partial charge in [-0.25, -0.2) is 9.97 Å². The smallest absolute Gasteiger partial charge is 0.129 e. The van der Waals surface area contributed by atoms with Gasteiger partial charge in [-0.3, -0.25) is 4.98 Å². The van der Waals surface area contributed by atoms with Gasteiger partial charge in [0.25, 0.3) is 0 Å². The topological polar surface area (TPSA) is 50.7 Å². The summed E-state index contributed by atoms with van der Waals surface area (Å²) < 4.78 is 0. The molecule has 2 aromatic rings. The zero-order valence-electron chi connectivity index (χ0n) is 8.46. The lowest BCUT2D eigenvalue weighted by molar-refractivity contribution is 0.868. The predicted octanol–water partition coefficient (Wildman–Crippen LogP) is 2.04. The van der Waals surface area contributed by atoms with Crippen molar-refractivity contribution in [1.82, 2.24) is 15.0 Å². The van der Waals surface area contributed by atoms with Crippen molar-refractivity contribution in [2.75, 3.05) is 5.32 Å². The molecule has 0 aliphatic rings. The van der Waals surface area contributed by atoms with Crippen LogP contribution < -0.4 is 5.32 Å². The van der Waals surface area contributed by atoms with E-state index in [4.69, 9.17) is 0 Å². The van der Waals surface area contributed by atoms with E-state index in [1.807, 2.05) is 18.2 Å². The Kier molecular flexibility index (Phi) is 2.88. The highest BCUT2D eigenvalue weighted by molar-refractivity contribution is 5.35. The average Bonchev–Trinajstić information content (AvgIpc) is 2.31. The molecule has 4 nitrogen and oxygen atoms in total. The summed E-state index contributed by atoms with van der Waals surface area (Å²) in [6.07, 6.45) is 6.82. The van der Waals surface area contributed by atoms with Crippen molar-refractivity contribution >= 4 is 5.82 Å². The molecular weight excluding hydrogens is 188 g/mol. The summed E-state index contributed by atoms with van der Waals surface area (Å²) in [6, 6.07) is 6.03. The molecule has 2 rings (SSSR count). The van der Waals surface area contributed by atoms with Gasteiger partial charge < -0.3 is 5.32 Å². The predicted molar refractivity (Wildman–Crippen MR) is 58.3 cm³/mol. The van der Waals surface area contributed by atoms with Gasteiger partial charge in [-0.05, 0) is 30.7 Å². The molecule has 76 valence electrons. The minimum Gasteiger partial charge on any atom is -0.363 e. The van der Waals surface area contributed by atoms with Gasteiger partial charge in [0.15, 0.2) is 0 Å². The normalized spacial score (nSPS) is 12.1. The van der Waals surface area contributed by atoms with Gasteiger partial charge in [-0.1, -0.05) is 0 Å². The number of anilines is 1. The van der Waals surface area contributed by atoms with Crippen molar-refractivity contribution < 1.29 is 0 Å². The van der Waals surface area contributed by atoms with Gasteiger partial charge >= 0.3 is 0 Å². The maximum absolute atomic E-state index is 4.11. The third-order valence-corrected chi connectivity index (χ3v) is 2.15. The zero-order chi connectivity index (χ0) is 10.5. The first-order chi connectivity index (χ1) is 7.36. The Labute approximate surface area is 88.4 Å². The van der Waals surface area contributed by atoms with Crippen LogP contribution in [0.5, 0.6) is 0 Å². The molecule has 0 saturated heterocycles. The number of aromatic nitrogens is 3. The summed E-state index contributed by atoms with van der Waals surface area (Å²) in [5.74, 6) is 0.828. The number of nitrogens with one attached hydrogen (secondary N) is 1. The molecule has 2 aromatic heterocycles. The van der Waals surface area contributed by atoms with Crippen LogP contribution in [0.15, 0.2) is 43.1 Å². The van der Waals surface area contributed by atoms with Crippen molar-refractivity contribution in [3.05, 3.63) is 48.7 Å². The lowest BCUT2D eigenvalue weighted by Gasteiger charge is -2.13. The molecule has 0 radical (unpaired) electrons. The molecule has 0 amide bonds. The quantitative estimate of drug-likeness (QED) is 0.823. The summed E-state index contributed by atoms with van der Waals surface area (Å²) >= 11 is 0. The molecule has 0 saturated carbocycles. The number of pyridine rings is 1. The number of hydrogen-bond donors (Lipinski definition) is 1. The summed E-state index contributed by atoms with van der Waals surface area (Å²) in [7, 11) is 0. The van der Waals surface area contributed by atoms with Crippen LogP contribution in [0, 0.1) is 0 Å². The molecule has 1 atom stereocenters. The van der Waals surface area contributed by atoms with Gasteiger partial charge in [-0.2, -0.15) is 0 Å². The van der Waals surface area contributed by atoms with Crippen LogP contribution in [0.3, 0.4) is 0 Å². The van der Waals surface area contributed by atoms with Crippen LogP contribution in [0.25, 0.3) is 0 Å². The molecule has 15 heavy (non-hydrogen) atoms. The van der Waals surface area contributed by atoms with Crippen molar-refractivity contribution in [2.24, 2.45) is 0 Å². The summed E-state index contributed by atoms with van der Waals surface area (Å²) in [5.41, 5.74) is 1.18. The highest BCUT2D eigenvalue weighted by Gasteiger charge is 2.04. The highest BCUT2D eigenvalue weighted by atomic mass is 15.0. The van der Waals surface area contributed by atoms with Gasteiger partial charge in [-0.15, -0.1) is 0 Å². The first-order valence-electron chi connectivity index (χ1n) is 4.79. The van der Waals surface area contributed by atoms with E-state index in [1.165, 1.54) is 11.9 Å². The first kappa shape index (κ1) is 9.58. The maximum atomic E-state index is 4.11. The van der Waals surface area contributed by atoms with E-state index in [2.05, 4.69) is 27.2 Å². The Hall–Kier alpha value is -1.97. The van der Waals surface area contributed by atoms with E-state index in [9.17, 15) is 0 Å². The fourth-order valence-electron chi connectivity index (χ4n) is 1.33. The minimum absolute atomic E-state index is 0.211. The van der Waals surface area contributed by atoms with Crippen LogP contribution in [0.4, 0.5) is 5.82 Å². The molecule has 1 N–H and O–H groups in total. The third-order valence-electron chi connectivity index (χ3n) is 2.15. The van der Waals surface area contributed by atoms with E-state index >= 15 is 0 Å². The van der Waals surface area contributed by atoms with E-state index in [0.717, 1.165) is 5.82 Å². The van der Waals surface area contributed by atoms with Crippen molar-refractivity contribution in [1.29, 1.82) is 0 Å². The summed E-state index contributed by atoms with van der Waals surface area (Å²) in [4.78, 5) is 12.0. The van der Waals surface area contributed by atoms with E-state index in [1.54, 1.807) is 18.6 Å². The molecular formula is C11H12N4. The van der Waals surface area contributed by atoms with Gasteiger partial charge in [0.05, 0.1) is 6.04 Å². The standard InChI is InChI=1S/C11H12N4/c1-9(10-2-5-12-6-3-10)15-11-4-7-13-8-14-11/h2-9H,1H3,(H,13,14,15). The van der Waals surface area contributed by atoms with Crippen LogP contribution >= 0.6 is 0 Å². The van der Waals surface area contributed by atoms with E-state index in [-0.39, 0.29) is 6.04 Å². The second-order valence-corrected chi connectivity index (χ2v) is 3.24. The monoisotopic (exact) mass is 200 g/mol. The molecule has 2 heterocycles. The molecule has 0 fully saturated rings. The molecule has 1 unspecified atom stereocenters. The first-order valence-corrected chi connectivity index (χ1v) is 4.79. The largest absolute Gasteiger partial charge is 0.363 e. The Morgan fingerprint density at radius 2 is 1.80 bits per heavy atom. The Morgan fingerprint density at radius 3 is 2.47 bits per heavy atom. The molecule has 4 heteroatoms. The summed E-state index contributed by atoms with van der Waals surface area (Å²) in [5, 5.41) is 3.28. The van der Waals surface area contributed by atoms with Crippen molar-refractivity contribution in [3.8, 4) is 0 Å². The lowest BCUT2D eigenvalue weighted by Crippen LogP contribution is -2.07. The van der Waals surface area contributed by atoms with Crippen LogP contribution in [-0.4, -0.2) is 15.0 Å². The van der Waals surface area contributed by atoms with Crippen LogP contribution in [0.2, 0.25) is 0 Å². The van der Waals surface area contributed by atoms with Crippen molar-refractivity contribution in [2.45, 2.75) is 13.0 Å². The average molecular weight is 200 g/mol. The van der Waals surface area contributed by atoms with E-state index in [0.29, 0.717) is 0 Å². The Balaban J connectivity index is 2.08. The third kappa shape index (κ3) is 2.49. The second-order valence-electron chi connectivity index (χ2n) is 3.24. The number of hydrogen-bond acceptors (Lipinski definition) is 4. The van der Waals surface area contributed by atoms with Gasteiger partial charge in [0.1, 0.15) is 12.1 Å². The molecule has 0 spiro atoms. The summed E-state index contributed by atoms with van der Waals surface area (Å²) in [6.45, 7) is 2.08.